The number of aromatic nitrogens is 2. The molecule has 1 aliphatic heterocycles. The Kier molecular flexibility index (Phi) is 3.96. The Morgan fingerprint density at radius 3 is 3.12 bits per heavy atom. The van der Waals surface area contributed by atoms with Crippen molar-refractivity contribution in [3.8, 4) is 0 Å². The molecule has 1 saturated heterocycles. The molecule has 16 heavy (non-hydrogen) atoms. The van der Waals surface area contributed by atoms with E-state index in [9.17, 15) is 0 Å². The average molecular weight is 241 g/mol. The predicted molar refractivity (Wildman–Crippen MR) is 65.9 cm³/mol. The van der Waals surface area contributed by atoms with E-state index in [0.29, 0.717) is 17.1 Å². The van der Waals surface area contributed by atoms with Gasteiger partial charge < -0.3 is 10.6 Å². The molecule has 2 heterocycles. The van der Waals surface area contributed by atoms with Crippen LogP contribution in [0.3, 0.4) is 0 Å². The summed E-state index contributed by atoms with van der Waals surface area (Å²) in [5, 5.41) is 7.20. The quantitative estimate of drug-likeness (QED) is 0.794. The molecule has 0 saturated carbocycles. The number of nitrogens with zero attached hydrogens (tertiary/aromatic N) is 2. The molecule has 88 valence electrons. The molecule has 0 aromatic carbocycles. The first-order valence-corrected chi connectivity index (χ1v) is 6.10. The Balaban J connectivity index is 1.86. The molecule has 1 aromatic rings. The lowest BCUT2D eigenvalue weighted by Gasteiger charge is -2.23. The Morgan fingerprint density at radius 1 is 1.56 bits per heavy atom. The van der Waals surface area contributed by atoms with Crippen LogP contribution in [0.1, 0.15) is 24.8 Å². The van der Waals surface area contributed by atoms with Crippen LogP contribution >= 0.6 is 11.6 Å². The molecule has 0 spiro atoms. The Hall–Kier alpha value is -0.870. The standard InChI is InChI=1S/C11H17ClN4/c1-8-6-14-11(16-10(8)12)15-7-9-4-2-3-5-13-9/h6,9,13H,2-5,7H2,1H3,(H,14,15,16)/t9-/m0/s1. The van der Waals surface area contributed by atoms with E-state index in [1.54, 1.807) is 6.20 Å². The van der Waals surface area contributed by atoms with Crippen molar-refractivity contribution in [1.82, 2.24) is 15.3 Å². The molecule has 2 N–H and O–H groups in total. The van der Waals surface area contributed by atoms with E-state index in [0.717, 1.165) is 18.7 Å². The van der Waals surface area contributed by atoms with E-state index in [1.165, 1.54) is 19.3 Å². The molecule has 5 heteroatoms. The number of hydrogen-bond acceptors (Lipinski definition) is 4. The molecular formula is C11H17ClN4. The molecule has 1 aliphatic rings. The first kappa shape index (κ1) is 11.6. The van der Waals surface area contributed by atoms with Crippen LogP contribution in [0.4, 0.5) is 5.95 Å². The monoisotopic (exact) mass is 240 g/mol. The Bertz CT molecular complexity index is 350. The van der Waals surface area contributed by atoms with E-state index in [-0.39, 0.29) is 0 Å². The van der Waals surface area contributed by atoms with Crippen molar-refractivity contribution in [2.75, 3.05) is 18.4 Å². The molecule has 0 bridgehead atoms. The molecular weight excluding hydrogens is 224 g/mol. The van der Waals surface area contributed by atoms with E-state index in [2.05, 4.69) is 20.6 Å². The van der Waals surface area contributed by atoms with Crippen molar-refractivity contribution < 1.29 is 0 Å². The lowest BCUT2D eigenvalue weighted by atomic mass is 10.1. The second-order valence-corrected chi connectivity index (χ2v) is 4.55. The van der Waals surface area contributed by atoms with Gasteiger partial charge in [-0.15, -0.1) is 0 Å². The minimum absolute atomic E-state index is 0.522. The van der Waals surface area contributed by atoms with Gasteiger partial charge in [-0.1, -0.05) is 18.0 Å². The first-order valence-electron chi connectivity index (χ1n) is 5.72. The first-order chi connectivity index (χ1) is 7.75. The highest BCUT2D eigenvalue weighted by atomic mass is 35.5. The van der Waals surface area contributed by atoms with Gasteiger partial charge in [0.2, 0.25) is 5.95 Å². The van der Waals surface area contributed by atoms with Gasteiger partial charge in [0.05, 0.1) is 0 Å². The summed E-state index contributed by atoms with van der Waals surface area (Å²) in [6, 6.07) is 0.525. The highest BCUT2D eigenvalue weighted by molar-refractivity contribution is 6.30. The van der Waals surface area contributed by atoms with Crippen LogP contribution in [0, 0.1) is 6.92 Å². The fourth-order valence-electron chi connectivity index (χ4n) is 1.82. The molecule has 0 unspecified atom stereocenters. The minimum Gasteiger partial charge on any atom is -0.353 e. The fourth-order valence-corrected chi connectivity index (χ4v) is 1.95. The van der Waals surface area contributed by atoms with Gasteiger partial charge >= 0.3 is 0 Å². The van der Waals surface area contributed by atoms with Crippen LogP contribution < -0.4 is 10.6 Å². The van der Waals surface area contributed by atoms with Crippen molar-refractivity contribution in [2.45, 2.75) is 32.2 Å². The molecule has 4 nitrogen and oxygen atoms in total. The fraction of sp³-hybridized carbons (Fsp3) is 0.636. The highest BCUT2D eigenvalue weighted by Crippen LogP contribution is 2.13. The number of piperidine rings is 1. The second kappa shape index (κ2) is 5.46. The summed E-state index contributed by atoms with van der Waals surface area (Å²) in [4.78, 5) is 8.36. The van der Waals surface area contributed by atoms with Gasteiger partial charge in [-0.25, -0.2) is 9.97 Å². The number of hydrogen-bond donors (Lipinski definition) is 2. The predicted octanol–water partition coefficient (Wildman–Crippen LogP) is 1.99. The third kappa shape index (κ3) is 3.06. The van der Waals surface area contributed by atoms with Crippen LogP contribution in [0.5, 0.6) is 0 Å². The minimum atomic E-state index is 0.522. The summed E-state index contributed by atoms with van der Waals surface area (Å²) in [7, 11) is 0. The summed E-state index contributed by atoms with van der Waals surface area (Å²) >= 11 is 5.93. The third-order valence-electron chi connectivity index (χ3n) is 2.83. The van der Waals surface area contributed by atoms with Crippen LogP contribution in [0.25, 0.3) is 0 Å². The Morgan fingerprint density at radius 2 is 2.44 bits per heavy atom. The van der Waals surface area contributed by atoms with E-state index in [4.69, 9.17) is 11.6 Å². The second-order valence-electron chi connectivity index (χ2n) is 4.20. The summed E-state index contributed by atoms with van der Waals surface area (Å²) < 4.78 is 0. The van der Waals surface area contributed by atoms with Gasteiger partial charge in [0.25, 0.3) is 0 Å². The van der Waals surface area contributed by atoms with Crippen molar-refractivity contribution in [3.63, 3.8) is 0 Å². The van der Waals surface area contributed by atoms with Crippen LogP contribution in [0.15, 0.2) is 6.20 Å². The molecule has 0 radical (unpaired) electrons. The van der Waals surface area contributed by atoms with Crippen molar-refractivity contribution in [3.05, 3.63) is 16.9 Å². The average Bonchev–Trinajstić information content (AvgIpc) is 2.32. The molecule has 1 atom stereocenters. The number of nitrogens with one attached hydrogen (secondary N) is 2. The maximum atomic E-state index is 5.93. The summed E-state index contributed by atoms with van der Waals surface area (Å²) in [5.74, 6) is 0.614. The lowest BCUT2D eigenvalue weighted by Crippen LogP contribution is -2.39. The number of anilines is 1. The van der Waals surface area contributed by atoms with Crippen molar-refractivity contribution in [1.29, 1.82) is 0 Å². The zero-order valence-corrected chi connectivity index (χ0v) is 10.2. The number of aryl methyl sites for hydroxylation is 1. The smallest absolute Gasteiger partial charge is 0.224 e. The van der Waals surface area contributed by atoms with Gasteiger partial charge in [-0.3, -0.25) is 0 Å². The summed E-state index contributed by atoms with van der Waals surface area (Å²) in [5.41, 5.74) is 0.906. The van der Waals surface area contributed by atoms with Crippen LogP contribution in [0.2, 0.25) is 5.15 Å². The van der Waals surface area contributed by atoms with Crippen LogP contribution in [-0.4, -0.2) is 29.1 Å². The van der Waals surface area contributed by atoms with E-state index < -0.39 is 0 Å². The molecule has 0 amide bonds. The molecule has 2 rings (SSSR count). The summed E-state index contributed by atoms with van der Waals surface area (Å²) in [6.07, 6.45) is 5.54. The zero-order chi connectivity index (χ0) is 11.4. The van der Waals surface area contributed by atoms with Gasteiger partial charge in [0.1, 0.15) is 5.15 Å². The van der Waals surface area contributed by atoms with Crippen molar-refractivity contribution in [2.24, 2.45) is 0 Å². The van der Waals surface area contributed by atoms with Gasteiger partial charge in [0.15, 0.2) is 0 Å². The van der Waals surface area contributed by atoms with E-state index >= 15 is 0 Å². The molecule has 1 aromatic heterocycles. The van der Waals surface area contributed by atoms with Gasteiger partial charge in [-0.05, 0) is 26.3 Å². The maximum Gasteiger partial charge on any atom is 0.224 e. The SMILES string of the molecule is Cc1cnc(NC[C@@H]2CCCCN2)nc1Cl. The number of rotatable bonds is 3. The summed E-state index contributed by atoms with van der Waals surface area (Å²) in [6.45, 7) is 3.87. The largest absolute Gasteiger partial charge is 0.353 e. The maximum absolute atomic E-state index is 5.93. The Labute approximate surface area is 101 Å². The van der Waals surface area contributed by atoms with Crippen molar-refractivity contribution >= 4 is 17.5 Å². The highest BCUT2D eigenvalue weighted by Gasteiger charge is 2.12. The van der Waals surface area contributed by atoms with E-state index in [1.807, 2.05) is 6.92 Å². The zero-order valence-electron chi connectivity index (χ0n) is 9.46. The molecule has 1 fully saturated rings. The van der Waals surface area contributed by atoms with Gasteiger partial charge in [-0.2, -0.15) is 0 Å². The third-order valence-corrected chi connectivity index (χ3v) is 3.21. The van der Waals surface area contributed by atoms with Crippen LogP contribution in [-0.2, 0) is 0 Å². The molecule has 0 aliphatic carbocycles. The topological polar surface area (TPSA) is 49.8 Å². The number of halogens is 1. The lowest BCUT2D eigenvalue weighted by molar-refractivity contribution is 0.413. The van der Waals surface area contributed by atoms with Gasteiger partial charge in [0, 0.05) is 24.3 Å². The normalized spacial score (nSPS) is 20.8.